The van der Waals surface area contributed by atoms with E-state index in [2.05, 4.69) is 16.9 Å². The van der Waals surface area contributed by atoms with E-state index in [1.54, 1.807) is 0 Å². The topological polar surface area (TPSA) is 41.1 Å². The van der Waals surface area contributed by atoms with Crippen LogP contribution in [-0.4, -0.2) is 36.0 Å². The van der Waals surface area contributed by atoms with Crippen LogP contribution in [-0.2, 0) is 4.79 Å². The molecule has 0 radical (unpaired) electrons. The highest BCUT2D eigenvalue weighted by molar-refractivity contribution is 7.99. The van der Waals surface area contributed by atoms with E-state index in [4.69, 9.17) is 0 Å². The number of hydrogen-bond acceptors (Lipinski definition) is 3. The molecule has 2 atom stereocenters. The van der Waals surface area contributed by atoms with E-state index in [-0.39, 0.29) is 5.91 Å². The summed E-state index contributed by atoms with van der Waals surface area (Å²) in [6, 6.07) is 1.11. The lowest BCUT2D eigenvalue weighted by Gasteiger charge is -2.31. The van der Waals surface area contributed by atoms with Gasteiger partial charge in [-0.3, -0.25) is 4.79 Å². The zero-order valence-electron chi connectivity index (χ0n) is 10.7. The van der Waals surface area contributed by atoms with Crippen LogP contribution in [0.4, 0.5) is 0 Å². The number of thioether (sulfide) groups is 1. The van der Waals surface area contributed by atoms with Gasteiger partial charge in [0.15, 0.2) is 0 Å². The molecule has 2 fully saturated rings. The molecule has 0 aromatic carbocycles. The quantitative estimate of drug-likeness (QED) is 0.763. The van der Waals surface area contributed by atoms with Crippen molar-refractivity contribution in [2.45, 2.75) is 62.3 Å². The lowest BCUT2D eigenvalue weighted by atomic mass is 9.95. The monoisotopic (exact) mass is 256 g/mol. The van der Waals surface area contributed by atoms with E-state index in [1.165, 1.54) is 38.5 Å². The fourth-order valence-corrected chi connectivity index (χ4v) is 3.47. The Hall–Kier alpha value is -0.220. The van der Waals surface area contributed by atoms with Crippen LogP contribution in [0.15, 0.2) is 0 Å². The zero-order valence-corrected chi connectivity index (χ0v) is 11.5. The molecule has 0 aliphatic heterocycles. The maximum Gasteiger partial charge on any atom is 0.221 e. The van der Waals surface area contributed by atoms with Crippen molar-refractivity contribution < 1.29 is 4.79 Å². The van der Waals surface area contributed by atoms with Crippen molar-refractivity contribution in [3.63, 3.8) is 0 Å². The predicted molar refractivity (Wildman–Crippen MR) is 73.3 cm³/mol. The molecular weight excluding hydrogens is 232 g/mol. The van der Waals surface area contributed by atoms with Crippen molar-refractivity contribution in [3.8, 4) is 0 Å². The van der Waals surface area contributed by atoms with Gasteiger partial charge >= 0.3 is 0 Å². The number of carbonyl (C=O) groups is 1. The molecule has 2 rings (SSSR count). The second-order valence-corrected chi connectivity index (χ2v) is 6.29. The highest BCUT2D eigenvalue weighted by Gasteiger charge is 2.25. The minimum Gasteiger partial charge on any atom is -0.353 e. The molecule has 2 aliphatic rings. The number of carbonyl (C=O) groups excluding carboxylic acids is 1. The lowest BCUT2D eigenvalue weighted by Crippen LogP contribution is -2.42. The average Bonchev–Trinajstić information content (AvgIpc) is 3.13. The highest BCUT2D eigenvalue weighted by atomic mass is 32.2. The number of hydrogen-bond donors (Lipinski definition) is 2. The van der Waals surface area contributed by atoms with Crippen LogP contribution in [0.3, 0.4) is 0 Å². The first-order valence-corrected chi connectivity index (χ1v) is 8.14. The summed E-state index contributed by atoms with van der Waals surface area (Å²) in [4.78, 5) is 11.5. The fraction of sp³-hybridized carbons (Fsp3) is 0.923. The first kappa shape index (κ1) is 13.2. The summed E-state index contributed by atoms with van der Waals surface area (Å²) < 4.78 is 0. The van der Waals surface area contributed by atoms with Crippen LogP contribution in [0, 0.1) is 0 Å². The third kappa shape index (κ3) is 4.51. The van der Waals surface area contributed by atoms with Gasteiger partial charge in [-0.25, -0.2) is 0 Å². The predicted octanol–water partition coefficient (Wildman–Crippen LogP) is 1.92. The van der Waals surface area contributed by atoms with E-state index in [9.17, 15) is 4.79 Å². The largest absolute Gasteiger partial charge is 0.353 e. The number of nitrogens with one attached hydrogen (secondary N) is 2. The molecule has 0 bridgehead atoms. The third-order valence-corrected chi connectivity index (χ3v) is 4.88. The van der Waals surface area contributed by atoms with Gasteiger partial charge in [-0.05, 0) is 31.9 Å². The second kappa shape index (κ2) is 6.64. The van der Waals surface area contributed by atoms with Crippen molar-refractivity contribution in [2.75, 3.05) is 12.8 Å². The van der Waals surface area contributed by atoms with Crippen molar-refractivity contribution in [2.24, 2.45) is 0 Å². The van der Waals surface area contributed by atoms with Gasteiger partial charge in [-0.2, -0.15) is 11.8 Å². The standard InChI is InChI=1S/C13H24N2OS/c1-17-12-5-3-2-4-11(12)14-9-8-13(16)15-10-6-7-10/h10-12,14H,2-9H2,1H3,(H,15,16). The van der Waals surface area contributed by atoms with Gasteiger partial charge in [0.2, 0.25) is 5.91 Å². The minimum atomic E-state index is 0.219. The Morgan fingerprint density at radius 3 is 2.71 bits per heavy atom. The molecule has 1 amide bonds. The summed E-state index contributed by atoms with van der Waals surface area (Å²) >= 11 is 1.97. The zero-order chi connectivity index (χ0) is 12.1. The molecule has 2 saturated carbocycles. The van der Waals surface area contributed by atoms with Crippen molar-refractivity contribution >= 4 is 17.7 Å². The van der Waals surface area contributed by atoms with Crippen LogP contribution < -0.4 is 10.6 Å². The van der Waals surface area contributed by atoms with E-state index in [0.717, 1.165) is 11.8 Å². The van der Waals surface area contributed by atoms with Crippen molar-refractivity contribution in [3.05, 3.63) is 0 Å². The molecule has 4 heteroatoms. The van der Waals surface area contributed by atoms with Crippen LogP contribution in [0.2, 0.25) is 0 Å². The van der Waals surface area contributed by atoms with Gasteiger partial charge < -0.3 is 10.6 Å². The van der Waals surface area contributed by atoms with Gasteiger partial charge in [0, 0.05) is 30.3 Å². The Bertz CT molecular complexity index is 256. The smallest absolute Gasteiger partial charge is 0.221 e. The maximum absolute atomic E-state index is 11.5. The molecule has 98 valence electrons. The van der Waals surface area contributed by atoms with E-state index in [1.807, 2.05) is 11.8 Å². The summed E-state index contributed by atoms with van der Waals surface area (Å²) in [5, 5.41) is 7.34. The molecule has 0 saturated heterocycles. The molecule has 2 unspecified atom stereocenters. The maximum atomic E-state index is 11.5. The SMILES string of the molecule is CSC1CCCCC1NCCC(=O)NC1CC1. The van der Waals surface area contributed by atoms with Gasteiger partial charge in [0.1, 0.15) is 0 Å². The van der Waals surface area contributed by atoms with E-state index >= 15 is 0 Å². The molecule has 2 N–H and O–H groups in total. The molecule has 2 aliphatic carbocycles. The normalized spacial score (nSPS) is 29.0. The van der Waals surface area contributed by atoms with Gasteiger partial charge in [0.05, 0.1) is 0 Å². The van der Waals surface area contributed by atoms with Crippen LogP contribution in [0.5, 0.6) is 0 Å². The first-order chi connectivity index (χ1) is 8.29. The summed E-state index contributed by atoms with van der Waals surface area (Å²) in [5.41, 5.74) is 0. The summed E-state index contributed by atoms with van der Waals surface area (Å²) in [6.45, 7) is 0.834. The molecule has 17 heavy (non-hydrogen) atoms. The van der Waals surface area contributed by atoms with E-state index < -0.39 is 0 Å². The number of amides is 1. The molecule has 0 spiro atoms. The van der Waals surface area contributed by atoms with Crippen molar-refractivity contribution in [1.29, 1.82) is 0 Å². The fourth-order valence-electron chi connectivity index (χ4n) is 2.51. The summed E-state index contributed by atoms with van der Waals surface area (Å²) in [7, 11) is 0. The Kier molecular flexibility index (Phi) is 5.16. The molecule has 0 heterocycles. The van der Waals surface area contributed by atoms with Crippen LogP contribution >= 0.6 is 11.8 Å². The van der Waals surface area contributed by atoms with Crippen LogP contribution in [0.25, 0.3) is 0 Å². The molecule has 3 nitrogen and oxygen atoms in total. The molecular formula is C13H24N2OS. The Labute approximate surface area is 108 Å². The third-order valence-electron chi connectivity index (χ3n) is 3.71. The highest BCUT2D eigenvalue weighted by Crippen LogP contribution is 2.27. The second-order valence-electron chi connectivity index (χ2n) is 5.21. The molecule has 0 aromatic heterocycles. The minimum absolute atomic E-state index is 0.219. The Balaban J connectivity index is 1.60. The first-order valence-electron chi connectivity index (χ1n) is 6.85. The number of rotatable bonds is 6. The molecule has 0 aromatic rings. The summed E-state index contributed by atoms with van der Waals surface area (Å²) in [6.07, 6.45) is 10.5. The van der Waals surface area contributed by atoms with Crippen LogP contribution in [0.1, 0.15) is 44.9 Å². The van der Waals surface area contributed by atoms with Gasteiger partial charge in [0.25, 0.3) is 0 Å². The summed E-state index contributed by atoms with van der Waals surface area (Å²) in [5.74, 6) is 0.219. The Morgan fingerprint density at radius 2 is 2.00 bits per heavy atom. The average molecular weight is 256 g/mol. The lowest BCUT2D eigenvalue weighted by molar-refractivity contribution is -0.121. The van der Waals surface area contributed by atoms with Gasteiger partial charge in [-0.15, -0.1) is 0 Å². The van der Waals surface area contributed by atoms with E-state index in [0.29, 0.717) is 18.5 Å². The Morgan fingerprint density at radius 1 is 1.24 bits per heavy atom. The van der Waals surface area contributed by atoms with Crippen molar-refractivity contribution in [1.82, 2.24) is 10.6 Å². The van der Waals surface area contributed by atoms with Gasteiger partial charge in [-0.1, -0.05) is 12.8 Å².